The van der Waals surface area contributed by atoms with Crippen molar-refractivity contribution in [2.75, 3.05) is 0 Å². The summed E-state index contributed by atoms with van der Waals surface area (Å²) in [5.74, 6) is 0. The van der Waals surface area contributed by atoms with Gasteiger partial charge in [-0.05, 0) is 52.7 Å². The predicted octanol–water partition coefficient (Wildman–Crippen LogP) is 7.00. The molecular formula is C20H30S. The molecule has 116 valence electrons. The first-order chi connectivity index (χ1) is 10.1. The van der Waals surface area contributed by atoms with Gasteiger partial charge in [-0.3, -0.25) is 0 Å². The maximum atomic E-state index is 2.32. The van der Waals surface area contributed by atoms with Crippen LogP contribution in [0.1, 0.15) is 48.0 Å². The molecule has 0 spiro atoms. The Balaban J connectivity index is 5.58. The Bertz CT molecular complexity index is 458. The van der Waals surface area contributed by atoms with E-state index in [1.54, 1.807) is 0 Å². The van der Waals surface area contributed by atoms with Crippen LogP contribution in [-0.2, 0) is 0 Å². The van der Waals surface area contributed by atoms with E-state index in [1.807, 2.05) is 18.7 Å². The number of hydrogen-bond donors (Lipinski definition) is 0. The first-order valence-electron chi connectivity index (χ1n) is 7.68. The Morgan fingerprint density at radius 2 is 1.43 bits per heavy atom. The summed E-state index contributed by atoms with van der Waals surface area (Å²) in [7, 11) is 0. The van der Waals surface area contributed by atoms with Gasteiger partial charge in [-0.2, -0.15) is 0 Å². The molecule has 1 atom stereocenters. The third kappa shape index (κ3) is 7.38. The van der Waals surface area contributed by atoms with Crippen LogP contribution in [0.15, 0.2) is 71.2 Å². The molecule has 0 bridgehead atoms. The van der Waals surface area contributed by atoms with Gasteiger partial charge >= 0.3 is 0 Å². The van der Waals surface area contributed by atoms with Crippen molar-refractivity contribution in [2.45, 2.75) is 52.7 Å². The van der Waals surface area contributed by atoms with Crippen molar-refractivity contribution in [3.05, 3.63) is 71.2 Å². The van der Waals surface area contributed by atoms with E-state index in [9.17, 15) is 0 Å². The highest BCUT2D eigenvalue weighted by Gasteiger charge is 2.26. The van der Waals surface area contributed by atoms with Crippen LogP contribution in [0.4, 0.5) is 0 Å². The average molecular weight is 303 g/mol. The van der Waals surface area contributed by atoms with Crippen molar-refractivity contribution in [3.63, 3.8) is 0 Å². The predicted molar refractivity (Wildman–Crippen MR) is 102 cm³/mol. The standard InChI is InChI=1S/C20H30S/c1-7-12-16-18(14-9-3)20(6,11-5)21-19(15-10-4)17-13-8-2/h7-10,12-17H,11H2,1-6H3/b12-7-,13-8-,14-9-,15-10-,18-16+,19-17+. The Kier molecular flexibility index (Phi) is 10.8. The summed E-state index contributed by atoms with van der Waals surface area (Å²) in [6.45, 7) is 12.8. The Morgan fingerprint density at radius 3 is 1.90 bits per heavy atom. The molecular weight excluding hydrogens is 272 g/mol. The zero-order valence-corrected chi connectivity index (χ0v) is 15.2. The molecule has 1 unspecified atom stereocenters. The van der Waals surface area contributed by atoms with Crippen molar-refractivity contribution in [1.29, 1.82) is 0 Å². The molecule has 0 saturated carbocycles. The Morgan fingerprint density at radius 1 is 0.857 bits per heavy atom. The molecule has 0 aromatic rings. The highest BCUT2D eigenvalue weighted by molar-refractivity contribution is 8.04. The maximum Gasteiger partial charge on any atom is 0.0424 e. The minimum Gasteiger partial charge on any atom is -0.115 e. The van der Waals surface area contributed by atoms with Gasteiger partial charge in [0, 0.05) is 9.65 Å². The summed E-state index contributed by atoms with van der Waals surface area (Å²) in [6.07, 6.45) is 22.5. The summed E-state index contributed by atoms with van der Waals surface area (Å²) in [4.78, 5) is 1.29. The van der Waals surface area contributed by atoms with Crippen molar-refractivity contribution >= 4 is 11.8 Å². The van der Waals surface area contributed by atoms with E-state index in [0.29, 0.717) is 0 Å². The Hall–Kier alpha value is -1.21. The molecule has 21 heavy (non-hydrogen) atoms. The van der Waals surface area contributed by atoms with E-state index in [2.05, 4.69) is 95.4 Å². The van der Waals surface area contributed by atoms with Crippen molar-refractivity contribution in [2.24, 2.45) is 0 Å². The zero-order chi connectivity index (χ0) is 16.1. The molecule has 0 aromatic carbocycles. The second-order valence-corrected chi connectivity index (χ2v) is 6.51. The van der Waals surface area contributed by atoms with Crippen LogP contribution in [0.25, 0.3) is 0 Å². The van der Waals surface area contributed by atoms with E-state index in [1.165, 1.54) is 10.5 Å². The van der Waals surface area contributed by atoms with Crippen LogP contribution in [0.3, 0.4) is 0 Å². The maximum absolute atomic E-state index is 2.32. The lowest BCUT2D eigenvalue weighted by Crippen LogP contribution is -2.21. The molecule has 0 N–H and O–H groups in total. The van der Waals surface area contributed by atoms with Gasteiger partial charge in [-0.25, -0.2) is 0 Å². The molecule has 0 aliphatic heterocycles. The first-order valence-corrected chi connectivity index (χ1v) is 8.50. The molecule has 0 radical (unpaired) electrons. The largest absolute Gasteiger partial charge is 0.115 e. The fraction of sp³-hybridized carbons (Fsp3) is 0.400. The molecule has 0 aliphatic carbocycles. The highest BCUT2D eigenvalue weighted by atomic mass is 32.2. The molecule has 0 fully saturated rings. The molecule has 0 aliphatic rings. The van der Waals surface area contributed by atoms with Crippen molar-refractivity contribution in [3.8, 4) is 0 Å². The van der Waals surface area contributed by atoms with Crippen molar-refractivity contribution in [1.82, 2.24) is 0 Å². The lowest BCUT2D eigenvalue weighted by atomic mass is 9.96. The third-order valence-corrected chi connectivity index (χ3v) is 4.71. The van der Waals surface area contributed by atoms with E-state index >= 15 is 0 Å². The second-order valence-electron chi connectivity index (χ2n) is 4.93. The monoisotopic (exact) mass is 302 g/mol. The van der Waals surface area contributed by atoms with Crippen LogP contribution in [-0.4, -0.2) is 4.75 Å². The molecule has 0 nitrogen and oxygen atoms in total. The first kappa shape index (κ1) is 19.8. The fourth-order valence-corrected chi connectivity index (χ4v) is 3.13. The summed E-state index contributed by atoms with van der Waals surface area (Å²) < 4.78 is 0.0684. The third-order valence-electron chi connectivity index (χ3n) is 3.23. The lowest BCUT2D eigenvalue weighted by Gasteiger charge is -2.30. The van der Waals surface area contributed by atoms with Gasteiger partial charge < -0.3 is 0 Å². The average Bonchev–Trinajstić information content (AvgIpc) is 2.49. The van der Waals surface area contributed by atoms with Gasteiger partial charge in [0.05, 0.1) is 0 Å². The smallest absolute Gasteiger partial charge is 0.0424 e. The zero-order valence-electron chi connectivity index (χ0n) is 14.4. The number of hydrogen-bond acceptors (Lipinski definition) is 1. The minimum absolute atomic E-state index is 0.0684. The van der Waals surface area contributed by atoms with Crippen LogP contribution in [0.5, 0.6) is 0 Å². The highest BCUT2D eigenvalue weighted by Crippen LogP contribution is 2.41. The van der Waals surface area contributed by atoms with E-state index in [4.69, 9.17) is 0 Å². The van der Waals surface area contributed by atoms with Gasteiger partial charge in [0.2, 0.25) is 0 Å². The van der Waals surface area contributed by atoms with Crippen molar-refractivity contribution < 1.29 is 0 Å². The molecule has 0 heterocycles. The second kappa shape index (κ2) is 11.4. The normalized spacial score (nSPS) is 17.6. The number of allylic oxidation sites excluding steroid dienone is 10. The summed E-state index contributed by atoms with van der Waals surface area (Å²) >= 11 is 1.92. The number of thioether (sulfide) groups is 1. The van der Waals surface area contributed by atoms with Crippen LogP contribution in [0, 0.1) is 0 Å². The lowest BCUT2D eigenvalue weighted by molar-refractivity contribution is 0.729. The fourth-order valence-electron chi connectivity index (χ4n) is 1.86. The van der Waals surface area contributed by atoms with E-state index in [-0.39, 0.29) is 4.75 Å². The number of rotatable bonds is 8. The molecule has 1 heteroatoms. The van der Waals surface area contributed by atoms with Gasteiger partial charge in [-0.15, -0.1) is 11.8 Å². The van der Waals surface area contributed by atoms with Crippen LogP contribution >= 0.6 is 11.8 Å². The summed E-state index contributed by atoms with van der Waals surface area (Å²) in [5.41, 5.74) is 1.35. The van der Waals surface area contributed by atoms with Gasteiger partial charge in [-0.1, -0.05) is 61.6 Å². The van der Waals surface area contributed by atoms with E-state index < -0.39 is 0 Å². The van der Waals surface area contributed by atoms with Gasteiger partial charge in [0.15, 0.2) is 0 Å². The molecule has 0 amide bonds. The van der Waals surface area contributed by atoms with Gasteiger partial charge in [0.25, 0.3) is 0 Å². The summed E-state index contributed by atoms with van der Waals surface area (Å²) in [6, 6.07) is 0. The molecule has 0 aromatic heterocycles. The van der Waals surface area contributed by atoms with Crippen LogP contribution < -0.4 is 0 Å². The summed E-state index contributed by atoms with van der Waals surface area (Å²) in [5, 5.41) is 0. The SMILES string of the molecule is C\C=C/C=C(\C=C/C)SC(C)(CC)C(/C=C\C)=C/C=C\C. The quantitative estimate of drug-likeness (QED) is 0.435. The van der Waals surface area contributed by atoms with E-state index in [0.717, 1.165) is 6.42 Å². The Labute approximate surface area is 136 Å². The van der Waals surface area contributed by atoms with Gasteiger partial charge in [0.1, 0.15) is 0 Å². The molecule has 0 rings (SSSR count). The van der Waals surface area contributed by atoms with Crippen LogP contribution in [0.2, 0.25) is 0 Å². The molecule has 0 saturated heterocycles. The minimum atomic E-state index is 0.0684. The topological polar surface area (TPSA) is 0 Å².